The summed E-state index contributed by atoms with van der Waals surface area (Å²) in [4.78, 5) is 0. The summed E-state index contributed by atoms with van der Waals surface area (Å²) in [5.41, 5.74) is 2.21. The smallest absolute Gasteiger partial charge is 0.164 e. The predicted molar refractivity (Wildman–Crippen MR) is 37.7 cm³/mol. The van der Waals surface area contributed by atoms with E-state index in [0.29, 0.717) is 0 Å². The highest BCUT2D eigenvalue weighted by atomic mass is 19.1. The maximum absolute atomic E-state index is 12.1. The molecule has 0 fully saturated rings. The monoisotopic (exact) mass is 135 g/mol. The molecule has 2 heteroatoms. The molecule has 0 aromatic heterocycles. The van der Waals surface area contributed by atoms with Gasteiger partial charge in [-0.05, 0) is 12.2 Å². The van der Waals surface area contributed by atoms with Gasteiger partial charge in [0.15, 0.2) is 5.83 Å². The summed E-state index contributed by atoms with van der Waals surface area (Å²) >= 11 is 0. The van der Waals surface area contributed by atoms with Crippen LogP contribution in [0.15, 0.2) is 42.4 Å². The molecule has 0 unspecified atom stereocenters. The first-order valence-corrected chi connectivity index (χ1v) is 2.53. The predicted octanol–water partition coefficient (Wildman–Crippen LogP) is 2.26. The second kappa shape index (κ2) is 4.31. The van der Waals surface area contributed by atoms with Gasteiger partial charge in [0.05, 0.1) is 6.07 Å². The van der Waals surface area contributed by atoms with Crippen LogP contribution in [-0.4, -0.2) is 0 Å². The second-order valence-electron chi connectivity index (χ2n) is 1.50. The van der Waals surface area contributed by atoms with E-state index >= 15 is 0 Å². The Bertz CT molecular complexity index is 249. The van der Waals surface area contributed by atoms with Crippen LogP contribution in [0.2, 0.25) is 0 Å². The van der Waals surface area contributed by atoms with Crippen molar-refractivity contribution in [2.75, 3.05) is 0 Å². The van der Waals surface area contributed by atoms with E-state index in [1.54, 1.807) is 6.07 Å². The van der Waals surface area contributed by atoms with Crippen LogP contribution in [0.25, 0.3) is 0 Å². The maximum atomic E-state index is 12.1. The molecule has 0 aliphatic heterocycles. The van der Waals surface area contributed by atoms with Crippen molar-refractivity contribution in [3.63, 3.8) is 0 Å². The van der Waals surface area contributed by atoms with Gasteiger partial charge in [-0.1, -0.05) is 18.9 Å². The van der Waals surface area contributed by atoms with Crippen LogP contribution in [-0.2, 0) is 0 Å². The summed E-state index contributed by atoms with van der Waals surface area (Å²) in [6, 6.07) is 1.73. The van der Waals surface area contributed by atoms with Crippen LogP contribution in [0.3, 0.4) is 0 Å². The maximum Gasteiger partial charge on any atom is 0.164 e. The summed E-state index contributed by atoms with van der Waals surface area (Å²) in [5, 5.41) is 8.15. The van der Waals surface area contributed by atoms with E-state index in [2.05, 4.69) is 13.2 Å². The Morgan fingerprint density at radius 3 is 2.50 bits per heavy atom. The SMILES string of the molecule is C=C=C(F)/C=C\C(=C)C#N. The Labute approximate surface area is 59.1 Å². The third-order valence-corrected chi connectivity index (χ3v) is 0.743. The Morgan fingerprint density at radius 1 is 1.50 bits per heavy atom. The Balaban J connectivity index is 4.17. The third-order valence-electron chi connectivity index (χ3n) is 0.743. The van der Waals surface area contributed by atoms with E-state index in [1.807, 2.05) is 5.73 Å². The third kappa shape index (κ3) is 3.43. The van der Waals surface area contributed by atoms with Gasteiger partial charge in [0.25, 0.3) is 0 Å². The molecule has 10 heavy (non-hydrogen) atoms. The summed E-state index contributed by atoms with van der Waals surface area (Å²) in [6.07, 6.45) is 2.34. The number of rotatable bonds is 2. The van der Waals surface area contributed by atoms with Gasteiger partial charge in [-0.3, -0.25) is 0 Å². The first-order valence-electron chi connectivity index (χ1n) is 2.53. The minimum absolute atomic E-state index is 0.199. The van der Waals surface area contributed by atoms with Crippen LogP contribution in [0.4, 0.5) is 4.39 Å². The fraction of sp³-hybridized carbons (Fsp3) is 0. The number of hydrogen-bond donors (Lipinski definition) is 0. The largest absolute Gasteiger partial charge is 0.198 e. The van der Waals surface area contributed by atoms with E-state index in [0.717, 1.165) is 6.08 Å². The molecule has 0 aliphatic carbocycles. The molecule has 0 aromatic rings. The molecule has 0 rings (SSSR count). The molecule has 0 N–H and O–H groups in total. The zero-order chi connectivity index (χ0) is 7.98. The van der Waals surface area contributed by atoms with E-state index in [4.69, 9.17) is 5.26 Å². The highest BCUT2D eigenvalue weighted by Gasteiger charge is 1.83. The minimum atomic E-state index is -0.601. The van der Waals surface area contributed by atoms with Gasteiger partial charge in [-0.15, -0.1) is 0 Å². The standard InChI is InChI=1S/C8H6FN/c1-3-8(9)5-4-7(2)6-10/h4-5H,1-2H2/b5-4-. The lowest BCUT2D eigenvalue weighted by Crippen LogP contribution is -1.65. The molecule has 0 spiro atoms. The van der Waals surface area contributed by atoms with Crippen LogP contribution in [0, 0.1) is 11.3 Å². The van der Waals surface area contributed by atoms with E-state index < -0.39 is 5.83 Å². The molecule has 0 bridgehead atoms. The lowest BCUT2D eigenvalue weighted by molar-refractivity contribution is 0.669. The zero-order valence-electron chi connectivity index (χ0n) is 5.39. The van der Waals surface area contributed by atoms with Gasteiger partial charge >= 0.3 is 0 Å². The van der Waals surface area contributed by atoms with Crippen molar-refractivity contribution in [1.29, 1.82) is 5.26 Å². The molecule has 0 radical (unpaired) electrons. The van der Waals surface area contributed by atoms with Crippen LogP contribution >= 0.6 is 0 Å². The van der Waals surface area contributed by atoms with Gasteiger partial charge in [0.2, 0.25) is 0 Å². The van der Waals surface area contributed by atoms with Crippen LogP contribution in [0.5, 0.6) is 0 Å². The van der Waals surface area contributed by atoms with Crippen molar-refractivity contribution in [3.05, 3.63) is 42.4 Å². The summed E-state index contributed by atoms with van der Waals surface area (Å²) in [7, 11) is 0. The average molecular weight is 135 g/mol. The first-order chi connectivity index (χ1) is 4.70. The first kappa shape index (κ1) is 8.42. The fourth-order valence-electron chi connectivity index (χ4n) is 0.270. The second-order valence-corrected chi connectivity index (χ2v) is 1.50. The number of nitriles is 1. The van der Waals surface area contributed by atoms with Crippen molar-refractivity contribution in [3.8, 4) is 6.07 Å². The normalized spacial score (nSPS) is 8.40. The number of halogens is 1. The average Bonchev–Trinajstić information content (AvgIpc) is 1.99. The lowest BCUT2D eigenvalue weighted by Gasteiger charge is -1.79. The number of allylic oxidation sites excluding steroid dienone is 4. The fourth-order valence-corrected chi connectivity index (χ4v) is 0.270. The summed E-state index contributed by atoms with van der Waals surface area (Å²) < 4.78 is 12.1. The van der Waals surface area contributed by atoms with Gasteiger partial charge in [0, 0.05) is 5.57 Å². The molecule has 0 heterocycles. The van der Waals surface area contributed by atoms with Crippen molar-refractivity contribution in [1.82, 2.24) is 0 Å². The molecule has 0 aliphatic rings. The van der Waals surface area contributed by atoms with E-state index in [9.17, 15) is 4.39 Å². The van der Waals surface area contributed by atoms with Crippen molar-refractivity contribution in [2.45, 2.75) is 0 Å². The summed E-state index contributed by atoms with van der Waals surface area (Å²) in [6.45, 7) is 6.37. The molecule has 0 atom stereocenters. The lowest BCUT2D eigenvalue weighted by atomic mass is 10.3. The zero-order valence-corrected chi connectivity index (χ0v) is 5.39. The highest BCUT2D eigenvalue weighted by molar-refractivity contribution is 5.32. The molecular formula is C8H6FN. The van der Waals surface area contributed by atoms with Gasteiger partial charge < -0.3 is 0 Å². The highest BCUT2D eigenvalue weighted by Crippen LogP contribution is 1.97. The van der Waals surface area contributed by atoms with E-state index in [-0.39, 0.29) is 5.57 Å². The number of hydrogen-bond acceptors (Lipinski definition) is 1. The number of nitrogens with zero attached hydrogens (tertiary/aromatic N) is 1. The quantitative estimate of drug-likeness (QED) is 0.323. The molecule has 0 amide bonds. The van der Waals surface area contributed by atoms with Gasteiger partial charge in [-0.2, -0.15) is 9.65 Å². The summed E-state index contributed by atoms with van der Waals surface area (Å²) in [5.74, 6) is -0.601. The Hall–Kier alpha value is -1.58. The minimum Gasteiger partial charge on any atom is -0.198 e. The molecule has 0 saturated heterocycles. The molecule has 1 nitrogen and oxygen atoms in total. The van der Waals surface area contributed by atoms with Gasteiger partial charge in [-0.25, -0.2) is 0 Å². The Kier molecular flexibility index (Phi) is 3.63. The molecule has 0 aromatic carbocycles. The van der Waals surface area contributed by atoms with Crippen molar-refractivity contribution in [2.24, 2.45) is 0 Å². The molecule has 0 saturated carbocycles. The Morgan fingerprint density at radius 2 is 2.10 bits per heavy atom. The topological polar surface area (TPSA) is 23.8 Å². The van der Waals surface area contributed by atoms with Crippen LogP contribution in [0.1, 0.15) is 0 Å². The van der Waals surface area contributed by atoms with Gasteiger partial charge in [0.1, 0.15) is 0 Å². The van der Waals surface area contributed by atoms with Crippen molar-refractivity contribution >= 4 is 0 Å². The van der Waals surface area contributed by atoms with Crippen molar-refractivity contribution < 1.29 is 4.39 Å². The van der Waals surface area contributed by atoms with E-state index in [1.165, 1.54) is 6.08 Å². The van der Waals surface area contributed by atoms with Crippen LogP contribution < -0.4 is 0 Å². The molecule has 50 valence electrons. The molecular weight excluding hydrogens is 129 g/mol.